The summed E-state index contributed by atoms with van der Waals surface area (Å²) >= 11 is 0. The fraction of sp³-hybridized carbons (Fsp3) is 0.545. The zero-order valence-electron chi connectivity index (χ0n) is 10.1. The molecule has 0 unspecified atom stereocenters. The number of carbonyl (C=O) groups is 2. The minimum absolute atomic E-state index is 0.0150. The Bertz CT molecular complexity index is 412. The first-order valence-electron chi connectivity index (χ1n) is 5.57. The van der Waals surface area contributed by atoms with Crippen LogP contribution in [0.15, 0.2) is 6.20 Å². The molecule has 2 N–H and O–H groups in total. The minimum atomic E-state index is -0.881. The predicted octanol–water partition coefficient (Wildman–Crippen LogP) is 1.18. The second-order valence-corrected chi connectivity index (χ2v) is 3.81. The number of carboxylic acids is 1. The lowest BCUT2D eigenvalue weighted by atomic mass is 10.2. The highest BCUT2D eigenvalue weighted by molar-refractivity contribution is 5.91. The van der Waals surface area contributed by atoms with Crippen molar-refractivity contribution < 1.29 is 14.7 Å². The maximum Gasteiger partial charge on any atom is 0.303 e. The third-order valence-electron chi connectivity index (χ3n) is 2.31. The normalized spacial score (nSPS) is 10.2. The lowest BCUT2D eigenvalue weighted by molar-refractivity contribution is -0.137. The Labute approximate surface area is 99.6 Å². The fourth-order valence-corrected chi connectivity index (χ4v) is 1.51. The van der Waals surface area contributed by atoms with Crippen LogP contribution >= 0.6 is 0 Å². The molecule has 1 amide bonds. The second-order valence-electron chi connectivity index (χ2n) is 3.81. The molecule has 1 heterocycles. The van der Waals surface area contributed by atoms with Crippen LogP contribution in [0.3, 0.4) is 0 Å². The molecule has 1 aromatic heterocycles. The largest absolute Gasteiger partial charge is 0.481 e. The fourth-order valence-electron chi connectivity index (χ4n) is 1.51. The van der Waals surface area contributed by atoms with Gasteiger partial charge in [0.25, 0.3) is 0 Å². The van der Waals surface area contributed by atoms with E-state index in [1.54, 1.807) is 17.9 Å². The number of nitrogens with zero attached hydrogens (tertiary/aromatic N) is 2. The van der Waals surface area contributed by atoms with Crippen molar-refractivity contribution in [3.63, 3.8) is 0 Å². The summed E-state index contributed by atoms with van der Waals surface area (Å²) < 4.78 is 1.64. The molecule has 0 spiro atoms. The highest BCUT2D eigenvalue weighted by atomic mass is 16.4. The van der Waals surface area contributed by atoms with Gasteiger partial charge in [-0.05, 0) is 12.8 Å². The van der Waals surface area contributed by atoms with E-state index >= 15 is 0 Å². The monoisotopic (exact) mass is 239 g/mol. The highest BCUT2D eigenvalue weighted by Crippen LogP contribution is 2.14. The number of carbonyl (C=O) groups excluding carboxylic acids is 1. The summed E-state index contributed by atoms with van der Waals surface area (Å²) in [6, 6.07) is 0. The molecule has 0 aromatic carbocycles. The van der Waals surface area contributed by atoms with Crippen LogP contribution in [0.25, 0.3) is 0 Å². The van der Waals surface area contributed by atoms with Gasteiger partial charge in [0.15, 0.2) is 0 Å². The number of hydrogen-bond donors (Lipinski definition) is 2. The van der Waals surface area contributed by atoms with Crippen molar-refractivity contribution in [3.8, 4) is 0 Å². The zero-order chi connectivity index (χ0) is 12.8. The molecule has 1 aromatic rings. The van der Waals surface area contributed by atoms with Crippen LogP contribution in [0.2, 0.25) is 0 Å². The van der Waals surface area contributed by atoms with Crippen LogP contribution in [0, 0.1) is 0 Å². The molecular formula is C11H17N3O3. The number of anilines is 1. The molecule has 17 heavy (non-hydrogen) atoms. The molecule has 94 valence electrons. The molecule has 0 aliphatic rings. The zero-order valence-corrected chi connectivity index (χ0v) is 10.1. The third kappa shape index (κ3) is 4.26. The molecule has 0 fully saturated rings. The van der Waals surface area contributed by atoms with Gasteiger partial charge in [0.2, 0.25) is 5.91 Å². The molecule has 6 nitrogen and oxygen atoms in total. The van der Waals surface area contributed by atoms with E-state index in [1.807, 2.05) is 6.92 Å². The van der Waals surface area contributed by atoms with Gasteiger partial charge in [-0.2, -0.15) is 5.10 Å². The quantitative estimate of drug-likeness (QED) is 0.780. The molecule has 0 saturated carbocycles. The van der Waals surface area contributed by atoms with Crippen molar-refractivity contribution in [3.05, 3.63) is 11.9 Å². The molecular weight excluding hydrogens is 222 g/mol. The third-order valence-corrected chi connectivity index (χ3v) is 2.31. The number of aryl methyl sites for hydroxylation is 2. The van der Waals surface area contributed by atoms with Crippen LogP contribution in [-0.4, -0.2) is 26.8 Å². The van der Waals surface area contributed by atoms with Gasteiger partial charge in [0, 0.05) is 26.1 Å². The SMILES string of the molecule is CCc1nn(C)cc1NC(=O)CCCC(=O)O. The van der Waals surface area contributed by atoms with E-state index in [9.17, 15) is 9.59 Å². The van der Waals surface area contributed by atoms with Crippen LogP contribution in [0.4, 0.5) is 5.69 Å². The molecule has 0 atom stereocenters. The number of hydrogen-bond acceptors (Lipinski definition) is 3. The van der Waals surface area contributed by atoms with Gasteiger partial charge in [-0.3, -0.25) is 14.3 Å². The first-order valence-corrected chi connectivity index (χ1v) is 5.57. The van der Waals surface area contributed by atoms with E-state index in [0.29, 0.717) is 12.1 Å². The molecule has 0 aliphatic heterocycles. The van der Waals surface area contributed by atoms with Crippen molar-refractivity contribution in [2.75, 3.05) is 5.32 Å². The highest BCUT2D eigenvalue weighted by Gasteiger charge is 2.09. The topological polar surface area (TPSA) is 84.2 Å². The summed E-state index contributed by atoms with van der Waals surface area (Å²) in [4.78, 5) is 21.8. The molecule has 0 bridgehead atoms. The van der Waals surface area contributed by atoms with E-state index in [2.05, 4.69) is 10.4 Å². The van der Waals surface area contributed by atoms with E-state index in [1.165, 1.54) is 0 Å². The maximum atomic E-state index is 11.5. The van der Waals surface area contributed by atoms with Gasteiger partial charge >= 0.3 is 5.97 Å². The Kier molecular flexibility index (Phi) is 4.68. The summed E-state index contributed by atoms with van der Waals surface area (Å²) in [6.45, 7) is 1.96. The molecule has 6 heteroatoms. The van der Waals surface area contributed by atoms with Crippen LogP contribution in [0.5, 0.6) is 0 Å². The number of nitrogens with one attached hydrogen (secondary N) is 1. The van der Waals surface area contributed by atoms with Crippen LogP contribution in [-0.2, 0) is 23.1 Å². The summed E-state index contributed by atoms with van der Waals surface area (Å²) in [7, 11) is 1.79. The van der Waals surface area contributed by atoms with Crippen molar-refractivity contribution in [2.24, 2.45) is 7.05 Å². The van der Waals surface area contributed by atoms with Crippen LogP contribution < -0.4 is 5.32 Å². The van der Waals surface area contributed by atoms with Gasteiger partial charge in [-0.15, -0.1) is 0 Å². The maximum absolute atomic E-state index is 11.5. The Balaban J connectivity index is 2.47. The van der Waals surface area contributed by atoms with E-state index in [4.69, 9.17) is 5.11 Å². The van der Waals surface area contributed by atoms with E-state index in [0.717, 1.165) is 12.1 Å². The molecule has 0 saturated heterocycles. The average Bonchev–Trinajstić information content (AvgIpc) is 2.58. The Hall–Kier alpha value is -1.85. The first-order chi connectivity index (χ1) is 8.02. The summed E-state index contributed by atoms with van der Waals surface area (Å²) in [5, 5.41) is 15.4. The van der Waals surface area contributed by atoms with Gasteiger partial charge in [-0.1, -0.05) is 6.92 Å². The minimum Gasteiger partial charge on any atom is -0.481 e. The average molecular weight is 239 g/mol. The van der Waals surface area contributed by atoms with Crippen LogP contribution in [0.1, 0.15) is 31.9 Å². The smallest absolute Gasteiger partial charge is 0.303 e. The summed E-state index contributed by atoms with van der Waals surface area (Å²) in [6.07, 6.45) is 3.06. The predicted molar refractivity (Wildman–Crippen MR) is 62.7 cm³/mol. The number of rotatable bonds is 6. The van der Waals surface area contributed by atoms with Gasteiger partial charge in [0.05, 0.1) is 11.4 Å². The first kappa shape index (κ1) is 13.2. The molecule has 1 rings (SSSR count). The molecule has 0 radical (unpaired) electrons. The van der Waals surface area contributed by atoms with Crippen molar-refractivity contribution in [1.29, 1.82) is 0 Å². The lowest BCUT2D eigenvalue weighted by Gasteiger charge is -2.03. The van der Waals surface area contributed by atoms with Gasteiger partial charge < -0.3 is 10.4 Å². The summed E-state index contributed by atoms with van der Waals surface area (Å²) in [5.74, 6) is -1.05. The van der Waals surface area contributed by atoms with Gasteiger partial charge in [-0.25, -0.2) is 0 Å². The van der Waals surface area contributed by atoms with E-state index in [-0.39, 0.29) is 18.7 Å². The van der Waals surface area contributed by atoms with Crippen molar-refractivity contribution >= 4 is 17.6 Å². The van der Waals surface area contributed by atoms with E-state index < -0.39 is 5.97 Å². The Morgan fingerprint density at radius 2 is 2.18 bits per heavy atom. The number of amides is 1. The molecule has 0 aliphatic carbocycles. The number of aromatic nitrogens is 2. The van der Waals surface area contributed by atoms with Crippen molar-refractivity contribution in [1.82, 2.24) is 9.78 Å². The number of carboxylic acid groups (broad SMARTS) is 1. The summed E-state index contributed by atoms with van der Waals surface area (Å²) in [5.41, 5.74) is 1.54. The second kappa shape index (κ2) is 6.03. The Morgan fingerprint density at radius 1 is 1.47 bits per heavy atom. The standard InChI is InChI=1S/C11H17N3O3/c1-3-8-9(7-14(2)13-8)12-10(15)5-4-6-11(16)17/h7H,3-6H2,1-2H3,(H,12,15)(H,16,17). The lowest BCUT2D eigenvalue weighted by Crippen LogP contribution is -2.12. The number of aliphatic carboxylic acids is 1. The Morgan fingerprint density at radius 3 is 2.76 bits per heavy atom. The van der Waals surface area contributed by atoms with Crippen molar-refractivity contribution in [2.45, 2.75) is 32.6 Å². The van der Waals surface area contributed by atoms with Gasteiger partial charge in [0.1, 0.15) is 0 Å².